The molecule has 120 valence electrons. The molecule has 0 saturated carbocycles. The van der Waals surface area contributed by atoms with E-state index in [2.05, 4.69) is 5.32 Å². The van der Waals surface area contributed by atoms with Gasteiger partial charge in [-0.05, 0) is 25.0 Å². The molecule has 0 heterocycles. The van der Waals surface area contributed by atoms with Gasteiger partial charge in [0.2, 0.25) is 5.91 Å². The second kappa shape index (κ2) is 7.59. The molecule has 0 aromatic heterocycles. The normalized spacial score (nSPS) is 11.9. The maximum atomic E-state index is 12.3. The van der Waals surface area contributed by atoms with Crippen molar-refractivity contribution in [3.63, 3.8) is 0 Å². The van der Waals surface area contributed by atoms with Gasteiger partial charge in [0.05, 0.1) is 0 Å². The van der Waals surface area contributed by atoms with Gasteiger partial charge >= 0.3 is 5.97 Å². The number of amides is 2. The first-order valence-corrected chi connectivity index (χ1v) is 7.06. The topological polar surface area (TPSA) is 86.7 Å². The Labute approximate surface area is 130 Å². The van der Waals surface area contributed by atoms with Crippen LogP contribution in [-0.2, 0) is 9.59 Å². The quantitative estimate of drug-likeness (QED) is 0.829. The molecule has 1 rings (SSSR count). The predicted molar refractivity (Wildman–Crippen MR) is 82.5 cm³/mol. The first-order chi connectivity index (χ1) is 10.2. The molecule has 0 radical (unpaired) electrons. The van der Waals surface area contributed by atoms with Crippen LogP contribution in [0.5, 0.6) is 0 Å². The summed E-state index contributed by atoms with van der Waals surface area (Å²) >= 11 is 0. The summed E-state index contributed by atoms with van der Waals surface area (Å²) in [4.78, 5) is 36.4. The summed E-state index contributed by atoms with van der Waals surface area (Å²) < 4.78 is 0. The highest BCUT2D eigenvalue weighted by Crippen LogP contribution is 2.09. The van der Waals surface area contributed by atoms with E-state index in [4.69, 9.17) is 5.11 Å². The predicted octanol–water partition coefficient (Wildman–Crippen LogP) is 1.29. The van der Waals surface area contributed by atoms with Gasteiger partial charge < -0.3 is 15.3 Å². The molecule has 22 heavy (non-hydrogen) atoms. The number of carboxylic acids is 1. The summed E-state index contributed by atoms with van der Waals surface area (Å²) in [7, 11) is 1.41. The number of aliphatic carboxylic acids is 1. The molecule has 0 spiro atoms. The summed E-state index contributed by atoms with van der Waals surface area (Å²) in [6.07, 6.45) is 0. The minimum absolute atomic E-state index is 0.155. The second-order valence-corrected chi connectivity index (χ2v) is 5.65. The van der Waals surface area contributed by atoms with Crippen molar-refractivity contribution in [3.8, 4) is 0 Å². The van der Waals surface area contributed by atoms with E-state index in [0.717, 1.165) is 10.5 Å². The van der Waals surface area contributed by atoms with Gasteiger partial charge in [0.25, 0.3) is 5.91 Å². The van der Waals surface area contributed by atoms with E-state index in [9.17, 15) is 14.4 Å². The fraction of sp³-hybridized carbons (Fsp3) is 0.438. The highest BCUT2D eigenvalue weighted by molar-refractivity contribution is 5.98. The SMILES string of the molecule is Cc1cccc(C(=O)NC(C(=O)N(C)CC(=O)O)C(C)C)c1. The number of carboxylic acid groups (broad SMARTS) is 1. The van der Waals surface area contributed by atoms with Gasteiger partial charge in [-0.1, -0.05) is 31.5 Å². The fourth-order valence-electron chi connectivity index (χ4n) is 2.04. The molecule has 1 aromatic carbocycles. The van der Waals surface area contributed by atoms with Gasteiger partial charge in [-0.15, -0.1) is 0 Å². The summed E-state index contributed by atoms with van der Waals surface area (Å²) in [5.74, 6) is -2.02. The summed E-state index contributed by atoms with van der Waals surface area (Å²) in [5, 5.41) is 11.5. The van der Waals surface area contributed by atoms with Crippen LogP contribution in [-0.4, -0.2) is 47.4 Å². The molecule has 0 bridgehead atoms. The Bertz CT molecular complexity index is 569. The number of nitrogens with one attached hydrogen (secondary N) is 1. The Kier molecular flexibility index (Phi) is 6.10. The third kappa shape index (κ3) is 4.87. The maximum Gasteiger partial charge on any atom is 0.323 e. The number of rotatable bonds is 6. The Morgan fingerprint density at radius 3 is 2.41 bits per heavy atom. The summed E-state index contributed by atoms with van der Waals surface area (Å²) in [6.45, 7) is 5.08. The average Bonchev–Trinajstić information content (AvgIpc) is 2.42. The molecular weight excluding hydrogens is 284 g/mol. The highest BCUT2D eigenvalue weighted by Gasteiger charge is 2.28. The third-order valence-corrected chi connectivity index (χ3v) is 3.25. The lowest BCUT2D eigenvalue weighted by atomic mass is 10.0. The first kappa shape index (κ1) is 17.7. The van der Waals surface area contributed by atoms with Crippen molar-refractivity contribution in [2.24, 2.45) is 5.92 Å². The Balaban J connectivity index is 2.86. The van der Waals surface area contributed by atoms with Crippen molar-refractivity contribution in [1.82, 2.24) is 10.2 Å². The van der Waals surface area contributed by atoms with E-state index in [-0.39, 0.29) is 11.8 Å². The number of likely N-dealkylation sites (N-methyl/N-ethyl adjacent to an activating group) is 1. The van der Waals surface area contributed by atoms with Gasteiger partial charge in [0, 0.05) is 12.6 Å². The van der Waals surface area contributed by atoms with Crippen molar-refractivity contribution in [3.05, 3.63) is 35.4 Å². The minimum atomic E-state index is -1.09. The van der Waals surface area contributed by atoms with Crippen LogP contribution in [0.2, 0.25) is 0 Å². The first-order valence-electron chi connectivity index (χ1n) is 7.06. The van der Waals surface area contributed by atoms with Crippen LogP contribution < -0.4 is 5.32 Å². The number of hydrogen-bond acceptors (Lipinski definition) is 3. The number of hydrogen-bond donors (Lipinski definition) is 2. The van der Waals surface area contributed by atoms with Crippen LogP contribution in [0, 0.1) is 12.8 Å². The number of carbonyl (C=O) groups excluding carboxylic acids is 2. The van der Waals surface area contributed by atoms with Crippen LogP contribution in [0.1, 0.15) is 29.8 Å². The monoisotopic (exact) mass is 306 g/mol. The molecule has 0 aliphatic rings. The lowest BCUT2D eigenvalue weighted by Crippen LogP contribution is -2.51. The molecule has 0 fully saturated rings. The molecule has 0 aliphatic carbocycles. The molecule has 2 N–H and O–H groups in total. The van der Waals surface area contributed by atoms with Crippen molar-refractivity contribution < 1.29 is 19.5 Å². The number of aryl methyl sites for hydroxylation is 1. The number of nitrogens with zero attached hydrogens (tertiary/aromatic N) is 1. The largest absolute Gasteiger partial charge is 0.480 e. The van der Waals surface area contributed by atoms with Crippen LogP contribution in [0.15, 0.2) is 24.3 Å². The zero-order chi connectivity index (χ0) is 16.9. The lowest BCUT2D eigenvalue weighted by Gasteiger charge is -2.26. The van der Waals surface area contributed by atoms with Gasteiger partial charge in [-0.3, -0.25) is 14.4 Å². The molecule has 0 saturated heterocycles. The van der Waals surface area contributed by atoms with Crippen molar-refractivity contribution >= 4 is 17.8 Å². The zero-order valence-corrected chi connectivity index (χ0v) is 13.3. The Hall–Kier alpha value is -2.37. The van der Waals surface area contributed by atoms with E-state index < -0.39 is 24.5 Å². The number of benzene rings is 1. The molecule has 6 nitrogen and oxygen atoms in total. The highest BCUT2D eigenvalue weighted by atomic mass is 16.4. The van der Waals surface area contributed by atoms with Crippen LogP contribution in [0.4, 0.5) is 0 Å². The Morgan fingerprint density at radius 1 is 1.27 bits per heavy atom. The van der Waals surface area contributed by atoms with Crippen LogP contribution in [0.25, 0.3) is 0 Å². The van der Waals surface area contributed by atoms with Gasteiger partial charge in [0.1, 0.15) is 12.6 Å². The van der Waals surface area contributed by atoms with Crippen molar-refractivity contribution in [2.45, 2.75) is 26.8 Å². The van der Waals surface area contributed by atoms with Gasteiger partial charge in [-0.2, -0.15) is 0 Å². The molecule has 6 heteroatoms. The molecule has 1 atom stereocenters. The van der Waals surface area contributed by atoms with Crippen LogP contribution in [0.3, 0.4) is 0 Å². The molecule has 0 aliphatic heterocycles. The van der Waals surface area contributed by atoms with E-state index >= 15 is 0 Å². The zero-order valence-electron chi connectivity index (χ0n) is 13.3. The standard InChI is InChI=1S/C16H22N2O4/c1-10(2)14(16(22)18(4)9-13(19)20)17-15(21)12-7-5-6-11(3)8-12/h5-8,10,14H,9H2,1-4H3,(H,17,21)(H,19,20). The molecule has 1 unspecified atom stereocenters. The van der Waals surface area contributed by atoms with E-state index in [1.807, 2.05) is 13.0 Å². The second-order valence-electron chi connectivity index (χ2n) is 5.65. The summed E-state index contributed by atoms with van der Waals surface area (Å²) in [6, 6.07) is 6.29. The number of carbonyl (C=O) groups is 3. The van der Waals surface area contributed by atoms with Crippen LogP contribution >= 0.6 is 0 Å². The van der Waals surface area contributed by atoms with E-state index in [1.54, 1.807) is 32.0 Å². The minimum Gasteiger partial charge on any atom is -0.480 e. The molecule has 2 amide bonds. The van der Waals surface area contributed by atoms with Gasteiger partial charge in [0.15, 0.2) is 0 Å². The molecular formula is C16H22N2O4. The van der Waals surface area contributed by atoms with Crippen molar-refractivity contribution in [2.75, 3.05) is 13.6 Å². The fourth-order valence-corrected chi connectivity index (χ4v) is 2.04. The van der Waals surface area contributed by atoms with Crippen molar-refractivity contribution in [1.29, 1.82) is 0 Å². The maximum absolute atomic E-state index is 12.3. The average molecular weight is 306 g/mol. The lowest BCUT2D eigenvalue weighted by molar-refractivity contribution is -0.144. The van der Waals surface area contributed by atoms with Gasteiger partial charge in [-0.25, -0.2) is 0 Å². The van der Waals surface area contributed by atoms with E-state index in [1.165, 1.54) is 7.05 Å². The summed E-state index contributed by atoms with van der Waals surface area (Å²) in [5.41, 5.74) is 1.42. The smallest absolute Gasteiger partial charge is 0.323 e. The Morgan fingerprint density at radius 2 is 1.91 bits per heavy atom. The van der Waals surface area contributed by atoms with E-state index in [0.29, 0.717) is 5.56 Å². The third-order valence-electron chi connectivity index (χ3n) is 3.25. The molecule has 1 aromatic rings.